The van der Waals surface area contributed by atoms with Gasteiger partial charge in [0.05, 0.1) is 5.92 Å². The molecule has 0 saturated carbocycles. The molecule has 2 rings (SSSR count). The molecule has 0 spiro atoms. The zero-order valence-electron chi connectivity index (χ0n) is 11.6. The summed E-state index contributed by atoms with van der Waals surface area (Å²) >= 11 is 0. The van der Waals surface area contributed by atoms with Crippen molar-refractivity contribution in [2.75, 3.05) is 13.1 Å². The van der Waals surface area contributed by atoms with Gasteiger partial charge >= 0.3 is 5.97 Å². The van der Waals surface area contributed by atoms with Crippen LogP contribution in [0.3, 0.4) is 0 Å². The van der Waals surface area contributed by atoms with Crippen LogP contribution in [0.2, 0.25) is 0 Å². The Labute approximate surface area is 112 Å². The van der Waals surface area contributed by atoms with Crippen molar-refractivity contribution in [2.24, 2.45) is 18.9 Å². The summed E-state index contributed by atoms with van der Waals surface area (Å²) in [5.74, 6) is -1.10. The molecule has 1 saturated heterocycles. The van der Waals surface area contributed by atoms with Gasteiger partial charge in [-0.2, -0.15) is 0 Å². The molecule has 19 heavy (non-hydrogen) atoms. The molecule has 1 N–H and O–H groups in total. The van der Waals surface area contributed by atoms with E-state index in [4.69, 9.17) is 5.11 Å². The van der Waals surface area contributed by atoms with Crippen molar-refractivity contribution in [1.29, 1.82) is 0 Å². The minimum atomic E-state index is -0.755. The Bertz CT molecular complexity index is 507. The maximum Gasteiger partial charge on any atom is 0.306 e. The van der Waals surface area contributed by atoms with Crippen LogP contribution in [0, 0.1) is 18.8 Å². The molecule has 1 fully saturated rings. The van der Waals surface area contributed by atoms with Crippen molar-refractivity contribution in [1.82, 2.24) is 9.47 Å². The third kappa shape index (κ3) is 2.50. The van der Waals surface area contributed by atoms with Gasteiger partial charge in [0.15, 0.2) is 0 Å². The number of hydrogen-bond acceptors (Lipinski definition) is 2. The summed E-state index contributed by atoms with van der Waals surface area (Å²) in [6, 6.07) is 3.74. The Kier molecular flexibility index (Phi) is 3.64. The van der Waals surface area contributed by atoms with Crippen molar-refractivity contribution >= 4 is 11.9 Å². The SMILES string of the molecule is Cc1ccc(C(=O)N2CCC(C(=O)O)C(C)C2)n1C. The first-order valence-electron chi connectivity index (χ1n) is 6.56. The quantitative estimate of drug-likeness (QED) is 0.880. The maximum absolute atomic E-state index is 12.4. The molecular formula is C14H20N2O3. The van der Waals surface area contributed by atoms with E-state index < -0.39 is 5.97 Å². The van der Waals surface area contributed by atoms with Gasteiger partial charge in [-0.25, -0.2) is 0 Å². The average molecular weight is 264 g/mol. The van der Waals surface area contributed by atoms with Gasteiger partial charge in [-0.05, 0) is 31.4 Å². The number of hydrogen-bond donors (Lipinski definition) is 1. The van der Waals surface area contributed by atoms with E-state index in [0.717, 1.165) is 5.69 Å². The molecule has 2 unspecified atom stereocenters. The van der Waals surface area contributed by atoms with Crippen LogP contribution in [0.5, 0.6) is 0 Å². The highest BCUT2D eigenvalue weighted by Crippen LogP contribution is 2.24. The van der Waals surface area contributed by atoms with Gasteiger partial charge in [-0.3, -0.25) is 9.59 Å². The zero-order chi connectivity index (χ0) is 14.2. The number of carboxylic acid groups (broad SMARTS) is 1. The van der Waals surface area contributed by atoms with Crippen LogP contribution >= 0.6 is 0 Å². The number of aromatic nitrogens is 1. The van der Waals surface area contributed by atoms with Crippen molar-refractivity contribution in [3.8, 4) is 0 Å². The molecule has 1 aromatic heterocycles. The van der Waals surface area contributed by atoms with Crippen LogP contribution in [0.25, 0.3) is 0 Å². The second kappa shape index (κ2) is 5.07. The molecule has 5 nitrogen and oxygen atoms in total. The van der Waals surface area contributed by atoms with Crippen molar-refractivity contribution < 1.29 is 14.7 Å². The highest BCUT2D eigenvalue weighted by atomic mass is 16.4. The predicted octanol–water partition coefficient (Wildman–Crippen LogP) is 1.52. The highest BCUT2D eigenvalue weighted by Gasteiger charge is 2.33. The lowest BCUT2D eigenvalue weighted by Gasteiger charge is -2.35. The minimum absolute atomic E-state index is 0.00318. The summed E-state index contributed by atoms with van der Waals surface area (Å²) in [7, 11) is 1.87. The summed E-state index contributed by atoms with van der Waals surface area (Å²) in [6.07, 6.45) is 0.533. The van der Waals surface area contributed by atoms with Crippen LogP contribution in [-0.2, 0) is 11.8 Å². The van der Waals surface area contributed by atoms with Gasteiger partial charge in [0.25, 0.3) is 5.91 Å². The lowest BCUT2D eigenvalue weighted by Crippen LogP contribution is -2.45. The Hall–Kier alpha value is -1.78. The summed E-state index contributed by atoms with van der Waals surface area (Å²) < 4.78 is 1.87. The Morgan fingerprint density at radius 1 is 1.37 bits per heavy atom. The van der Waals surface area contributed by atoms with Gasteiger partial charge in [-0.1, -0.05) is 6.92 Å². The predicted molar refractivity (Wildman–Crippen MR) is 71.0 cm³/mol. The lowest BCUT2D eigenvalue weighted by molar-refractivity contribution is -0.145. The number of carboxylic acids is 1. The first-order valence-corrected chi connectivity index (χ1v) is 6.56. The number of carbonyl (C=O) groups is 2. The molecule has 1 aromatic rings. The molecule has 2 heterocycles. The minimum Gasteiger partial charge on any atom is -0.481 e. The van der Waals surface area contributed by atoms with Crippen molar-refractivity contribution in [3.63, 3.8) is 0 Å². The normalized spacial score (nSPS) is 23.4. The highest BCUT2D eigenvalue weighted by molar-refractivity contribution is 5.93. The fourth-order valence-electron chi connectivity index (χ4n) is 2.69. The maximum atomic E-state index is 12.4. The van der Waals surface area contributed by atoms with Crippen LogP contribution < -0.4 is 0 Å². The van der Waals surface area contributed by atoms with E-state index in [0.29, 0.717) is 25.2 Å². The Balaban J connectivity index is 2.10. The number of amides is 1. The standard InChI is InChI=1S/C14H20N2O3/c1-9-8-16(7-6-11(9)14(18)19)13(17)12-5-4-10(2)15(12)3/h4-5,9,11H,6-8H2,1-3H3,(H,18,19). The number of rotatable bonds is 2. The van der Waals surface area contributed by atoms with Crippen molar-refractivity contribution in [3.05, 3.63) is 23.5 Å². The number of nitrogens with zero attached hydrogens (tertiary/aromatic N) is 2. The molecule has 2 atom stereocenters. The molecular weight excluding hydrogens is 244 g/mol. The summed E-state index contributed by atoms with van der Waals surface area (Å²) in [5.41, 5.74) is 1.70. The molecule has 5 heteroatoms. The average Bonchev–Trinajstić information content (AvgIpc) is 2.68. The van der Waals surface area contributed by atoms with Gasteiger partial charge in [0.2, 0.25) is 0 Å². The number of likely N-dealkylation sites (tertiary alicyclic amines) is 1. The van der Waals surface area contributed by atoms with Crippen molar-refractivity contribution in [2.45, 2.75) is 20.3 Å². The molecule has 104 valence electrons. The van der Waals surface area contributed by atoms with E-state index >= 15 is 0 Å². The molecule has 0 bridgehead atoms. The number of aliphatic carboxylic acids is 1. The fraction of sp³-hybridized carbons (Fsp3) is 0.571. The van der Waals surface area contributed by atoms with E-state index in [1.165, 1.54) is 0 Å². The van der Waals surface area contributed by atoms with E-state index in [1.54, 1.807) is 4.90 Å². The third-order valence-corrected chi connectivity index (χ3v) is 4.10. The second-order valence-electron chi connectivity index (χ2n) is 5.38. The van der Waals surface area contributed by atoms with E-state index in [9.17, 15) is 9.59 Å². The van der Waals surface area contributed by atoms with Crippen LogP contribution in [0.15, 0.2) is 12.1 Å². The number of carbonyl (C=O) groups excluding carboxylic acids is 1. The molecule has 0 aromatic carbocycles. The third-order valence-electron chi connectivity index (χ3n) is 4.10. The van der Waals surface area contributed by atoms with E-state index in [-0.39, 0.29) is 17.7 Å². The molecule has 1 aliphatic rings. The van der Waals surface area contributed by atoms with Crippen LogP contribution in [0.4, 0.5) is 0 Å². The first-order chi connectivity index (χ1) is 8.91. The molecule has 0 radical (unpaired) electrons. The van der Waals surface area contributed by atoms with Gasteiger partial charge in [-0.15, -0.1) is 0 Å². The zero-order valence-corrected chi connectivity index (χ0v) is 11.6. The fourth-order valence-corrected chi connectivity index (χ4v) is 2.69. The lowest BCUT2D eigenvalue weighted by atomic mass is 9.87. The largest absolute Gasteiger partial charge is 0.481 e. The summed E-state index contributed by atoms with van der Waals surface area (Å²) in [5, 5.41) is 9.09. The van der Waals surface area contributed by atoms with E-state index in [2.05, 4.69) is 0 Å². The first kappa shape index (κ1) is 13.6. The summed E-state index contributed by atoms with van der Waals surface area (Å²) in [6.45, 7) is 4.88. The second-order valence-corrected chi connectivity index (χ2v) is 5.38. The molecule has 1 amide bonds. The van der Waals surface area contributed by atoms with E-state index in [1.807, 2.05) is 37.6 Å². The Morgan fingerprint density at radius 3 is 2.53 bits per heavy atom. The van der Waals surface area contributed by atoms with Gasteiger partial charge < -0.3 is 14.6 Å². The van der Waals surface area contributed by atoms with Gasteiger partial charge in [0, 0.05) is 25.8 Å². The molecule has 1 aliphatic heterocycles. The smallest absolute Gasteiger partial charge is 0.306 e. The topological polar surface area (TPSA) is 62.5 Å². The molecule has 0 aliphatic carbocycles. The van der Waals surface area contributed by atoms with Crippen LogP contribution in [0.1, 0.15) is 29.5 Å². The monoisotopic (exact) mass is 264 g/mol. The van der Waals surface area contributed by atoms with Gasteiger partial charge in [0.1, 0.15) is 5.69 Å². The number of piperidine rings is 1. The summed E-state index contributed by atoms with van der Waals surface area (Å²) in [4.78, 5) is 25.2. The number of aryl methyl sites for hydroxylation is 1. The Morgan fingerprint density at radius 2 is 2.05 bits per heavy atom. The van der Waals surface area contributed by atoms with Crippen LogP contribution in [-0.4, -0.2) is 39.5 Å².